The number of aromatic nitrogens is 1. The minimum atomic E-state index is -1.73. The molecule has 1 N–H and O–H groups in total. The summed E-state index contributed by atoms with van der Waals surface area (Å²) in [6.07, 6.45) is 3.13. The van der Waals surface area contributed by atoms with E-state index in [1.165, 1.54) is 47.0 Å². The van der Waals surface area contributed by atoms with Gasteiger partial charge in [-0.3, -0.25) is 4.79 Å². The van der Waals surface area contributed by atoms with Crippen molar-refractivity contribution >= 4 is 56.1 Å². The third kappa shape index (κ3) is 3.51. The molecule has 0 bridgehead atoms. The van der Waals surface area contributed by atoms with E-state index in [9.17, 15) is 13.7 Å². The summed E-state index contributed by atoms with van der Waals surface area (Å²) in [6.45, 7) is 0. The smallest absolute Gasteiger partial charge is 0.276 e. The van der Waals surface area contributed by atoms with Crippen molar-refractivity contribution < 1.29 is 13.7 Å². The van der Waals surface area contributed by atoms with Crippen molar-refractivity contribution in [2.24, 2.45) is 4.40 Å². The highest BCUT2D eigenvalue weighted by Crippen LogP contribution is 2.23. The van der Waals surface area contributed by atoms with E-state index in [1.807, 2.05) is 0 Å². The number of nitrogens with one attached hydrogen (secondary N) is 1. The van der Waals surface area contributed by atoms with Gasteiger partial charge in [0.15, 0.2) is 11.4 Å². The monoisotopic (exact) mass is 428 g/mol. The second kappa shape index (κ2) is 7.01. The number of amides is 1. The lowest BCUT2D eigenvalue weighted by Gasteiger charge is -2.22. The predicted octanol–water partition coefficient (Wildman–Crippen LogP) is 2.88. The standard InChI is InChI=1S/C14H10BrFN4O2S2/c1-20-12(7-11(19-24(20)22)14-17-4-5-23-14)13(21)18-8-2-3-10(16)9(15)6-8/h2-7H,1H3,(H,18,21). The van der Waals surface area contributed by atoms with Crippen molar-refractivity contribution in [2.75, 3.05) is 12.4 Å². The predicted molar refractivity (Wildman–Crippen MR) is 95.4 cm³/mol. The molecule has 0 aliphatic carbocycles. The van der Waals surface area contributed by atoms with Crippen LogP contribution < -0.4 is 5.32 Å². The molecule has 0 saturated heterocycles. The fraction of sp³-hybridized carbons (Fsp3) is 0.0714. The van der Waals surface area contributed by atoms with Gasteiger partial charge in [-0.25, -0.2) is 9.37 Å². The average molecular weight is 429 g/mol. The zero-order valence-corrected chi connectivity index (χ0v) is 15.4. The van der Waals surface area contributed by atoms with Crippen molar-refractivity contribution in [3.63, 3.8) is 0 Å². The number of carbonyl (C=O) groups is 1. The zero-order valence-electron chi connectivity index (χ0n) is 12.2. The van der Waals surface area contributed by atoms with E-state index in [2.05, 4.69) is 30.6 Å². The third-order valence-corrected chi connectivity index (χ3v) is 5.51. The van der Waals surface area contributed by atoms with Crippen LogP contribution in [-0.2, 0) is 16.3 Å². The molecule has 1 aliphatic rings. The topological polar surface area (TPSA) is 80.7 Å². The highest BCUT2D eigenvalue weighted by atomic mass is 79.9. The number of anilines is 1. The van der Waals surface area contributed by atoms with Crippen LogP contribution in [0.1, 0.15) is 5.01 Å². The Morgan fingerprint density at radius 2 is 2.29 bits per heavy atom. The van der Waals surface area contributed by atoms with Crippen LogP contribution in [0.25, 0.3) is 0 Å². The Balaban J connectivity index is 1.87. The van der Waals surface area contributed by atoms with Crippen LogP contribution in [0.15, 0.2) is 50.4 Å². The van der Waals surface area contributed by atoms with Crippen LogP contribution in [-0.4, -0.2) is 32.5 Å². The van der Waals surface area contributed by atoms with E-state index in [4.69, 9.17) is 0 Å². The Kier molecular flexibility index (Phi) is 4.99. The van der Waals surface area contributed by atoms with Crippen molar-refractivity contribution in [3.05, 3.63) is 56.8 Å². The number of halogens is 2. The molecule has 124 valence electrons. The molecule has 2 aromatic rings. The first kappa shape index (κ1) is 17.1. The molecule has 2 heterocycles. The van der Waals surface area contributed by atoms with Gasteiger partial charge in [0.2, 0.25) is 11.5 Å². The molecule has 1 aromatic carbocycles. The summed E-state index contributed by atoms with van der Waals surface area (Å²) in [5.41, 5.74) is 0.965. The van der Waals surface area contributed by atoms with Crippen LogP contribution >= 0.6 is 27.3 Å². The summed E-state index contributed by atoms with van der Waals surface area (Å²) < 4.78 is 30.9. The van der Waals surface area contributed by atoms with Gasteiger partial charge in [-0.1, -0.05) is 0 Å². The maximum Gasteiger partial charge on any atom is 0.276 e. The summed E-state index contributed by atoms with van der Waals surface area (Å²) in [7, 11) is 1.50. The Hall–Kier alpha value is -1.75. The van der Waals surface area contributed by atoms with E-state index in [-0.39, 0.29) is 10.2 Å². The van der Waals surface area contributed by atoms with Crippen molar-refractivity contribution in [1.82, 2.24) is 9.29 Å². The maximum atomic E-state index is 13.3. The number of nitrogens with zero attached hydrogens (tertiary/aromatic N) is 3. The Bertz CT molecular complexity index is 841. The number of thiazole rings is 1. The van der Waals surface area contributed by atoms with Gasteiger partial charge in [0, 0.05) is 23.3 Å². The van der Waals surface area contributed by atoms with E-state index >= 15 is 0 Å². The van der Waals surface area contributed by atoms with Gasteiger partial charge in [-0.05, 0) is 38.5 Å². The molecule has 10 heteroatoms. The molecule has 3 rings (SSSR count). The number of benzene rings is 1. The van der Waals surface area contributed by atoms with E-state index < -0.39 is 23.3 Å². The molecule has 1 amide bonds. The van der Waals surface area contributed by atoms with Crippen molar-refractivity contribution in [2.45, 2.75) is 0 Å². The van der Waals surface area contributed by atoms with E-state index in [0.717, 1.165) is 0 Å². The number of hydrogen-bond donors (Lipinski definition) is 1. The highest BCUT2D eigenvalue weighted by Gasteiger charge is 2.31. The second-order valence-electron chi connectivity index (χ2n) is 4.65. The summed E-state index contributed by atoms with van der Waals surface area (Å²) in [5, 5.41) is 4.99. The summed E-state index contributed by atoms with van der Waals surface area (Å²) in [5.74, 6) is -0.908. The third-order valence-electron chi connectivity index (χ3n) is 3.08. The van der Waals surface area contributed by atoms with Gasteiger partial charge < -0.3 is 9.87 Å². The quantitative estimate of drug-likeness (QED) is 0.761. The van der Waals surface area contributed by atoms with Gasteiger partial charge in [0.25, 0.3) is 5.91 Å². The van der Waals surface area contributed by atoms with Crippen LogP contribution in [0.3, 0.4) is 0 Å². The molecule has 0 saturated carbocycles. The van der Waals surface area contributed by atoms with Crippen LogP contribution in [0.4, 0.5) is 10.1 Å². The molecule has 24 heavy (non-hydrogen) atoms. The first-order valence-electron chi connectivity index (χ1n) is 6.58. The molecule has 0 spiro atoms. The van der Waals surface area contributed by atoms with E-state index in [1.54, 1.807) is 11.6 Å². The minimum Gasteiger partial charge on any atom is -0.566 e. The molecule has 0 fully saturated rings. The summed E-state index contributed by atoms with van der Waals surface area (Å²) >= 11 is 2.67. The molecule has 1 unspecified atom stereocenters. The van der Waals surface area contributed by atoms with Gasteiger partial charge in [0.05, 0.1) is 11.5 Å². The normalized spacial score (nSPS) is 17.3. The van der Waals surface area contributed by atoms with Gasteiger partial charge in [-0.15, -0.1) is 11.3 Å². The number of rotatable bonds is 3. The number of allylic oxidation sites excluding steroid dienone is 1. The molecule has 1 aliphatic heterocycles. The van der Waals surface area contributed by atoms with Gasteiger partial charge in [-0.2, -0.15) is 4.31 Å². The minimum absolute atomic E-state index is 0.175. The lowest BCUT2D eigenvalue weighted by molar-refractivity contribution is -0.113. The van der Waals surface area contributed by atoms with Crippen molar-refractivity contribution in [3.8, 4) is 0 Å². The van der Waals surface area contributed by atoms with Gasteiger partial charge >= 0.3 is 0 Å². The second-order valence-corrected chi connectivity index (χ2v) is 7.60. The van der Waals surface area contributed by atoms with Gasteiger partial charge in [0.1, 0.15) is 10.8 Å². The fourth-order valence-corrected chi connectivity index (χ4v) is 3.67. The first-order valence-corrected chi connectivity index (χ1v) is 9.31. The van der Waals surface area contributed by atoms with Crippen LogP contribution in [0, 0.1) is 5.82 Å². The molecular weight excluding hydrogens is 419 g/mol. The zero-order chi connectivity index (χ0) is 17.3. The fourth-order valence-electron chi connectivity index (χ4n) is 1.90. The Morgan fingerprint density at radius 3 is 2.96 bits per heavy atom. The largest absolute Gasteiger partial charge is 0.566 e. The lowest BCUT2D eigenvalue weighted by atomic mass is 10.2. The SMILES string of the molecule is CN1C(C(=O)Nc2ccc(F)c(Br)c2)=CC(c2nccs2)=N[S+]1[O-]. The molecular formula is C14H10BrFN4O2S2. The van der Waals surface area contributed by atoms with E-state index in [0.29, 0.717) is 16.4 Å². The maximum absolute atomic E-state index is 13.3. The first-order chi connectivity index (χ1) is 11.5. The van der Waals surface area contributed by atoms with Crippen molar-refractivity contribution in [1.29, 1.82) is 0 Å². The van der Waals surface area contributed by atoms with Crippen LogP contribution in [0.5, 0.6) is 0 Å². The summed E-state index contributed by atoms with van der Waals surface area (Å²) in [6, 6.07) is 4.12. The lowest BCUT2D eigenvalue weighted by Crippen LogP contribution is -2.35. The van der Waals surface area contributed by atoms with Crippen LogP contribution in [0.2, 0.25) is 0 Å². The molecule has 1 aromatic heterocycles. The number of carbonyl (C=O) groups excluding carboxylic acids is 1. The number of likely N-dealkylation sites (N-methyl/N-ethyl adjacent to an activating group) is 1. The Morgan fingerprint density at radius 1 is 1.50 bits per heavy atom. The molecule has 0 radical (unpaired) electrons. The summed E-state index contributed by atoms with van der Waals surface area (Å²) in [4.78, 5) is 16.6. The Labute approximate surface area is 152 Å². The highest BCUT2D eigenvalue weighted by molar-refractivity contribution is 9.10. The molecule has 6 nitrogen and oxygen atoms in total. The average Bonchev–Trinajstić information content (AvgIpc) is 3.08. The number of hydrogen-bond acceptors (Lipinski definition) is 6. The molecule has 1 atom stereocenters.